The van der Waals surface area contributed by atoms with Gasteiger partial charge in [-0.1, -0.05) is 18.2 Å². The molecule has 0 bridgehead atoms. The van der Waals surface area contributed by atoms with Gasteiger partial charge in [-0.3, -0.25) is 9.59 Å². The summed E-state index contributed by atoms with van der Waals surface area (Å²) < 4.78 is 5.36. The van der Waals surface area contributed by atoms with Crippen LogP contribution in [0.4, 0.5) is 17.2 Å². The molecule has 0 radical (unpaired) electrons. The molecule has 1 aliphatic heterocycles. The summed E-state index contributed by atoms with van der Waals surface area (Å²) in [5, 5.41) is 6.03. The number of ether oxygens (including phenoxy) is 1. The van der Waals surface area contributed by atoms with Crippen molar-refractivity contribution in [2.75, 3.05) is 17.2 Å². The van der Waals surface area contributed by atoms with Gasteiger partial charge in [-0.2, -0.15) is 0 Å². The van der Waals surface area contributed by atoms with E-state index in [0.717, 1.165) is 22.6 Å². The van der Waals surface area contributed by atoms with Crippen LogP contribution in [0.15, 0.2) is 48.7 Å². The molecule has 0 saturated carbocycles. The Balaban J connectivity index is 1.83. The second-order valence-corrected chi connectivity index (χ2v) is 6.25. The lowest BCUT2D eigenvalue weighted by molar-refractivity contribution is -0.114. The number of Topliss-reactive ketones (excluding diaryl/α,β-unsaturated/α-hetero) is 1. The van der Waals surface area contributed by atoms with Crippen molar-refractivity contribution in [3.05, 3.63) is 59.9 Å². The Hall–Kier alpha value is -3.45. The zero-order chi connectivity index (χ0) is 18.8. The van der Waals surface area contributed by atoms with Gasteiger partial charge in [0.1, 0.15) is 12.4 Å². The Bertz CT molecular complexity index is 1010. The van der Waals surface area contributed by atoms with Crippen molar-refractivity contribution in [2.24, 2.45) is 0 Å². The Morgan fingerprint density at radius 2 is 2.00 bits per heavy atom. The van der Waals surface area contributed by atoms with Gasteiger partial charge in [0, 0.05) is 24.4 Å². The molecule has 1 aromatic carbocycles. The molecular weight excluding hydrogens is 344 g/mol. The minimum Gasteiger partial charge on any atom is -0.367 e. The summed E-state index contributed by atoms with van der Waals surface area (Å²) in [6.07, 6.45) is 1.62. The average Bonchev–Trinajstić information content (AvgIpc) is 3.02. The van der Waals surface area contributed by atoms with E-state index in [4.69, 9.17) is 4.74 Å². The number of aromatic nitrogens is 2. The lowest BCUT2D eigenvalue weighted by Gasteiger charge is -2.14. The molecule has 136 valence electrons. The number of pyridine rings is 1. The van der Waals surface area contributed by atoms with Crippen molar-refractivity contribution in [2.45, 2.75) is 13.5 Å². The van der Waals surface area contributed by atoms with Crippen LogP contribution in [0.3, 0.4) is 0 Å². The van der Waals surface area contributed by atoms with E-state index < -0.39 is 0 Å². The van der Waals surface area contributed by atoms with Gasteiger partial charge in [-0.25, -0.2) is 4.98 Å². The summed E-state index contributed by atoms with van der Waals surface area (Å²) in [5.74, 6) is 0.172. The summed E-state index contributed by atoms with van der Waals surface area (Å²) in [6, 6.07) is 13.2. The number of aromatic amines is 1. The number of nitrogens with zero attached hydrogens (tertiary/aromatic N) is 1. The first kappa shape index (κ1) is 17.0. The molecule has 1 amide bonds. The highest BCUT2D eigenvalue weighted by Gasteiger charge is 2.27. The normalized spacial score (nSPS) is 13.1. The standard InChI is InChI=1S/C20H18N4O3/c1-12(25)22-17-9-13(7-8-21-17)19-20(23-14-5-3-2-4-6-14)18-15(24-19)10-27-11-16(18)26/h2-9,23-24H,10-11H2,1H3,(H,21,22,25). The van der Waals surface area contributed by atoms with Crippen molar-refractivity contribution >= 4 is 28.9 Å². The molecule has 3 N–H and O–H groups in total. The molecular formula is C20H18N4O3. The smallest absolute Gasteiger partial charge is 0.222 e. The molecule has 27 heavy (non-hydrogen) atoms. The Labute approximate surface area is 155 Å². The van der Waals surface area contributed by atoms with Crippen molar-refractivity contribution in [3.63, 3.8) is 0 Å². The first-order valence-electron chi connectivity index (χ1n) is 8.53. The van der Waals surface area contributed by atoms with Crippen molar-refractivity contribution in [1.29, 1.82) is 0 Å². The lowest BCUT2D eigenvalue weighted by atomic mass is 10.0. The maximum absolute atomic E-state index is 12.5. The first-order valence-corrected chi connectivity index (χ1v) is 8.53. The summed E-state index contributed by atoms with van der Waals surface area (Å²) in [6.45, 7) is 1.83. The van der Waals surface area contributed by atoms with E-state index in [9.17, 15) is 9.59 Å². The quantitative estimate of drug-likeness (QED) is 0.660. The van der Waals surface area contributed by atoms with Gasteiger partial charge >= 0.3 is 0 Å². The molecule has 3 heterocycles. The molecule has 0 unspecified atom stereocenters. The van der Waals surface area contributed by atoms with Gasteiger partial charge in [0.05, 0.1) is 29.2 Å². The van der Waals surface area contributed by atoms with Gasteiger partial charge in [0.25, 0.3) is 0 Å². The zero-order valence-corrected chi connectivity index (χ0v) is 14.7. The number of hydrogen-bond donors (Lipinski definition) is 3. The second-order valence-electron chi connectivity index (χ2n) is 6.25. The van der Waals surface area contributed by atoms with E-state index in [1.54, 1.807) is 12.3 Å². The third kappa shape index (κ3) is 3.45. The van der Waals surface area contributed by atoms with E-state index in [0.29, 0.717) is 23.7 Å². The van der Waals surface area contributed by atoms with Gasteiger partial charge in [-0.05, 0) is 24.3 Å². The number of hydrogen-bond acceptors (Lipinski definition) is 5. The van der Waals surface area contributed by atoms with Gasteiger partial charge in [-0.15, -0.1) is 0 Å². The van der Waals surface area contributed by atoms with Crippen molar-refractivity contribution in [3.8, 4) is 11.3 Å². The maximum atomic E-state index is 12.5. The number of ketones is 1. The van der Waals surface area contributed by atoms with Crippen LogP contribution in [0.1, 0.15) is 23.0 Å². The fraction of sp³-hybridized carbons (Fsp3) is 0.150. The lowest BCUT2D eigenvalue weighted by Crippen LogP contribution is -2.18. The third-order valence-corrected chi connectivity index (χ3v) is 4.23. The Morgan fingerprint density at radius 1 is 1.19 bits per heavy atom. The van der Waals surface area contributed by atoms with Gasteiger partial charge in [0.2, 0.25) is 5.91 Å². The summed E-state index contributed by atoms with van der Waals surface area (Å²) in [7, 11) is 0. The van der Waals surface area contributed by atoms with Crippen molar-refractivity contribution in [1.82, 2.24) is 9.97 Å². The third-order valence-electron chi connectivity index (χ3n) is 4.23. The van der Waals surface area contributed by atoms with Crippen LogP contribution >= 0.6 is 0 Å². The number of carbonyl (C=O) groups is 2. The number of fused-ring (bicyclic) bond motifs is 1. The van der Waals surface area contributed by atoms with E-state index in [2.05, 4.69) is 20.6 Å². The maximum Gasteiger partial charge on any atom is 0.222 e. The van der Waals surface area contributed by atoms with Crippen LogP contribution in [-0.4, -0.2) is 28.3 Å². The molecule has 7 nitrogen and oxygen atoms in total. The molecule has 0 aliphatic carbocycles. The summed E-state index contributed by atoms with van der Waals surface area (Å²) >= 11 is 0. The number of anilines is 3. The topological polar surface area (TPSA) is 96.1 Å². The minimum atomic E-state index is -0.198. The SMILES string of the molecule is CC(=O)Nc1cc(-c2[nH]c3c(c2Nc2ccccc2)C(=O)COC3)ccn1. The molecule has 0 saturated heterocycles. The number of nitrogens with one attached hydrogen (secondary N) is 3. The number of amides is 1. The molecule has 2 aromatic heterocycles. The number of para-hydroxylation sites is 1. The molecule has 0 atom stereocenters. The van der Waals surface area contributed by atoms with Crippen LogP contribution in [0.25, 0.3) is 11.3 Å². The molecule has 3 aromatic rings. The molecule has 0 spiro atoms. The molecule has 0 fully saturated rings. The van der Waals surface area contributed by atoms with Crippen LogP contribution in [0.5, 0.6) is 0 Å². The van der Waals surface area contributed by atoms with Crippen LogP contribution in [0, 0.1) is 0 Å². The fourth-order valence-corrected chi connectivity index (χ4v) is 3.13. The average molecular weight is 362 g/mol. The summed E-state index contributed by atoms with van der Waals surface area (Å²) in [5.41, 5.74) is 4.46. The van der Waals surface area contributed by atoms with Crippen LogP contribution in [-0.2, 0) is 16.1 Å². The zero-order valence-electron chi connectivity index (χ0n) is 14.7. The van der Waals surface area contributed by atoms with E-state index in [-0.39, 0.29) is 18.3 Å². The minimum absolute atomic E-state index is 0.0568. The second kappa shape index (κ2) is 7.05. The van der Waals surface area contributed by atoms with E-state index >= 15 is 0 Å². The van der Waals surface area contributed by atoms with Gasteiger partial charge < -0.3 is 20.4 Å². The molecule has 4 rings (SSSR count). The monoisotopic (exact) mass is 362 g/mol. The summed E-state index contributed by atoms with van der Waals surface area (Å²) in [4.78, 5) is 31.3. The number of rotatable bonds is 4. The fourth-order valence-electron chi connectivity index (χ4n) is 3.13. The highest BCUT2D eigenvalue weighted by molar-refractivity contribution is 6.08. The first-order chi connectivity index (χ1) is 13.1. The number of benzene rings is 1. The Kier molecular flexibility index (Phi) is 4.43. The molecule has 1 aliphatic rings. The van der Waals surface area contributed by atoms with Crippen molar-refractivity contribution < 1.29 is 14.3 Å². The predicted molar refractivity (Wildman–Crippen MR) is 102 cm³/mol. The Morgan fingerprint density at radius 3 is 2.78 bits per heavy atom. The van der Waals surface area contributed by atoms with Gasteiger partial charge in [0.15, 0.2) is 5.78 Å². The largest absolute Gasteiger partial charge is 0.367 e. The molecule has 7 heteroatoms. The predicted octanol–water partition coefficient (Wildman–Crippen LogP) is 3.49. The number of carbonyl (C=O) groups excluding carboxylic acids is 2. The van der Waals surface area contributed by atoms with E-state index in [1.165, 1.54) is 6.92 Å². The van der Waals surface area contributed by atoms with E-state index in [1.807, 2.05) is 36.4 Å². The highest BCUT2D eigenvalue weighted by atomic mass is 16.5. The highest BCUT2D eigenvalue weighted by Crippen LogP contribution is 2.37. The van der Waals surface area contributed by atoms with Crippen LogP contribution in [0.2, 0.25) is 0 Å². The number of H-pyrrole nitrogens is 1. The van der Waals surface area contributed by atoms with Crippen LogP contribution < -0.4 is 10.6 Å².